The van der Waals surface area contributed by atoms with E-state index in [-0.39, 0.29) is 11.2 Å². The highest BCUT2D eigenvalue weighted by atomic mass is 32.2. The van der Waals surface area contributed by atoms with Gasteiger partial charge in [0.25, 0.3) is 0 Å². The summed E-state index contributed by atoms with van der Waals surface area (Å²) in [6.07, 6.45) is 0.783. The molecule has 0 aromatic rings. The van der Waals surface area contributed by atoms with Crippen LogP contribution in [0.2, 0.25) is 0 Å². The van der Waals surface area contributed by atoms with Crippen molar-refractivity contribution in [1.82, 2.24) is 4.31 Å². The smallest absolute Gasteiger partial charge is 0.212 e. The molecule has 0 amide bonds. The normalized spacial score (nSPS) is 23.0. The first-order valence-electron chi connectivity index (χ1n) is 4.98. The lowest BCUT2D eigenvalue weighted by atomic mass is 10.1. The van der Waals surface area contributed by atoms with Gasteiger partial charge in [-0.15, -0.1) is 0 Å². The van der Waals surface area contributed by atoms with E-state index in [0.717, 1.165) is 6.42 Å². The van der Waals surface area contributed by atoms with E-state index in [0.29, 0.717) is 19.6 Å². The van der Waals surface area contributed by atoms with Gasteiger partial charge in [-0.25, -0.2) is 12.7 Å². The van der Waals surface area contributed by atoms with E-state index in [4.69, 9.17) is 5.53 Å². The Balaban J connectivity index is 2.60. The molecule has 1 fully saturated rings. The lowest BCUT2D eigenvalue weighted by Gasteiger charge is -2.18. The molecular formula is C8H16N4O2S. The van der Waals surface area contributed by atoms with Crippen molar-refractivity contribution in [2.75, 3.05) is 19.6 Å². The highest BCUT2D eigenvalue weighted by Crippen LogP contribution is 2.21. The molecule has 1 aliphatic rings. The highest BCUT2D eigenvalue weighted by Gasteiger charge is 2.32. The average Bonchev–Trinajstić information content (AvgIpc) is 2.63. The van der Waals surface area contributed by atoms with Gasteiger partial charge in [-0.05, 0) is 31.7 Å². The molecule has 1 saturated heterocycles. The Kier molecular flexibility index (Phi) is 3.96. The van der Waals surface area contributed by atoms with E-state index in [9.17, 15) is 8.42 Å². The lowest BCUT2D eigenvalue weighted by Crippen LogP contribution is -2.34. The minimum Gasteiger partial charge on any atom is -0.212 e. The van der Waals surface area contributed by atoms with E-state index in [1.54, 1.807) is 13.8 Å². The molecule has 1 aliphatic heterocycles. The maximum Gasteiger partial charge on any atom is 0.216 e. The largest absolute Gasteiger partial charge is 0.216 e. The van der Waals surface area contributed by atoms with Crippen molar-refractivity contribution in [3.8, 4) is 0 Å². The summed E-state index contributed by atoms with van der Waals surface area (Å²) >= 11 is 0. The van der Waals surface area contributed by atoms with Gasteiger partial charge >= 0.3 is 0 Å². The summed E-state index contributed by atoms with van der Waals surface area (Å²) in [6.45, 7) is 4.78. The molecule has 0 spiro atoms. The van der Waals surface area contributed by atoms with E-state index in [1.165, 1.54) is 4.31 Å². The van der Waals surface area contributed by atoms with Crippen molar-refractivity contribution in [3.63, 3.8) is 0 Å². The van der Waals surface area contributed by atoms with Gasteiger partial charge in [0.2, 0.25) is 10.0 Å². The fourth-order valence-electron chi connectivity index (χ4n) is 1.63. The molecular weight excluding hydrogens is 216 g/mol. The molecule has 0 saturated carbocycles. The Labute approximate surface area is 89.9 Å². The minimum absolute atomic E-state index is 0.175. The van der Waals surface area contributed by atoms with Crippen LogP contribution in [0.3, 0.4) is 0 Å². The molecule has 1 rings (SSSR count). The van der Waals surface area contributed by atoms with Crippen LogP contribution in [0.15, 0.2) is 5.11 Å². The van der Waals surface area contributed by atoms with Gasteiger partial charge in [-0.1, -0.05) is 5.11 Å². The monoisotopic (exact) mass is 232 g/mol. The SMILES string of the molecule is CC(C)S(=O)(=O)N1CC[C@@H](CN=[N+]=[N-])C1. The van der Waals surface area contributed by atoms with Crippen LogP contribution in [0, 0.1) is 5.92 Å². The third-order valence-corrected chi connectivity index (χ3v) is 4.85. The molecule has 0 radical (unpaired) electrons. The molecule has 7 heteroatoms. The standard InChI is InChI=1S/C8H16N4O2S/c1-7(2)15(13,14)12-4-3-8(6-12)5-10-11-9/h7-8H,3-6H2,1-2H3/t8-/m0/s1. The minimum atomic E-state index is -3.14. The number of azide groups is 1. The van der Waals surface area contributed by atoms with Crippen LogP contribution in [0.5, 0.6) is 0 Å². The summed E-state index contributed by atoms with van der Waals surface area (Å²) in [7, 11) is -3.14. The van der Waals surface area contributed by atoms with Gasteiger partial charge in [0, 0.05) is 24.5 Å². The maximum absolute atomic E-state index is 11.8. The second kappa shape index (κ2) is 4.83. The van der Waals surface area contributed by atoms with Crippen LogP contribution < -0.4 is 0 Å². The zero-order valence-electron chi connectivity index (χ0n) is 9.00. The van der Waals surface area contributed by atoms with Crippen LogP contribution >= 0.6 is 0 Å². The molecule has 0 aliphatic carbocycles. The van der Waals surface area contributed by atoms with Crippen molar-refractivity contribution in [3.05, 3.63) is 10.4 Å². The number of hydrogen-bond acceptors (Lipinski definition) is 3. The summed E-state index contributed by atoms with van der Waals surface area (Å²) in [4.78, 5) is 2.68. The number of sulfonamides is 1. The van der Waals surface area contributed by atoms with Gasteiger partial charge in [0.1, 0.15) is 0 Å². The first-order valence-corrected chi connectivity index (χ1v) is 6.48. The van der Waals surface area contributed by atoms with E-state index in [1.807, 2.05) is 0 Å². The molecule has 86 valence electrons. The van der Waals surface area contributed by atoms with E-state index >= 15 is 0 Å². The van der Waals surface area contributed by atoms with Gasteiger partial charge in [-0.3, -0.25) is 0 Å². The Bertz CT molecular complexity index is 359. The predicted molar refractivity (Wildman–Crippen MR) is 57.7 cm³/mol. The van der Waals surface area contributed by atoms with Crippen LogP contribution in [0.1, 0.15) is 20.3 Å². The van der Waals surface area contributed by atoms with Crippen molar-refractivity contribution in [1.29, 1.82) is 0 Å². The topological polar surface area (TPSA) is 86.1 Å². The molecule has 1 heterocycles. The summed E-state index contributed by atoms with van der Waals surface area (Å²) in [5.74, 6) is 0.175. The molecule has 0 aromatic heterocycles. The van der Waals surface area contributed by atoms with Gasteiger partial charge in [0.05, 0.1) is 5.25 Å². The van der Waals surface area contributed by atoms with Crippen LogP contribution in [-0.2, 0) is 10.0 Å². The third-order valence-electron chi connectivity index (χ3n) is 2.61. The third kappa shape index (κ3) is 2.84. The summed E-state index contributed by atoms with van der Waals surface area (Å²) in [5, 5.41) is 3.10. The number of rotatable bonds is 4. The molecule has 0 unspecified atom stereocenters. The van der Waals surface area contributed by atoms with Gasteiger partial charge in [-0.2, -0.15) is 0 Å². The molecule has 0 bridgehead atoms. The Morgan fingerprint density at radius 3 is 2.80 bits per heavy atom. The second-order valence-corrected chi connectivity index (χ2v) is 6.51. The van der Waals surface area contributed by atoms with Crippen LogP contribution in [-0.4, -0.2) is 37.6 Å². The zero-order chi connectivity index (χ0) is 11.5. The first kappa shape index (κ1) is 12.3. The maximum atomic E-state index is 11.8. The molecule has 1 atom stereocenters. The molecule has 0 N–H and O–H groups in total. The Morgan fingerprint density at radius 2 is 2.27 bits per heavy atom. The summed E-state index contributed by atoms with van der Waals surface area (Å²) in [5.41, 5.74) is 8.17. The number of nitrogens with zero attached hydrogens (tertiary/aromatic N) is 4. The van der Waals surface area contributed by atoms with Gasteiger partial charge in [0.15, 0.2) is 0 Å². The highest BCUT2D eigenvalue weighted by molar-refractivity contribution is 7.89. The van der Waals surface area contributed by atoms with Crippen LogP contribution in [0.4, 0.5) is 0 Å². The summed E-state index contributed by atoms with van der Waals surface area (Å²) < 4.78 is 25.0. The fraction of sp³-hybridized carbons (Fsp3) is 1.00. The van der Waals surface area contributed by atoms with Crippen molar-refractivity contribution < 1.29 is 8.42 Å². The average molecular weight is 232 g/mol. The van der Waals surface area contributed by atoms with Crippen molar-refractivity contribution in [2.24, 2.45) is 11.0 Å². The van der Waals surface area contributed by atoms with Crippen molar-refractivity contribution in [2.45, 2.75) is 25.5 Å². The molecule has 6 nitrogen and oxygen atoms in total. The second-order valence-electron chi connectivity index (χ2n) is 4.02. The Morgan fingerprint density at radius 1 is 1.60 bits per heavy atom. The summed E-state index contributed by atoms with van der Waals surface area (Å²) in [6, 6.07) is 0. The predicted octanol–water partition coefficient (Wildman–Crippen LogP) is 1.36. The van der Waals surface area contributed by atoms with Crippen molar-refractivity contribution >= 4 is 10.0 Å². The van der Waals surface area contributed by atoms with Gasteiger partial charge < -0.3 is 0 Å². The molecule has 15 heavy (non-hydrogen) atoms. The first-order chi connectivity index (χ1) is 6.98. The Hall–Kier alpha value is -0.780. The van der Waals surface area contributed by atoms with E-state index in [2.05, 4.69) is 10.0 Å². The lowest BCUT2D eigenvalue weighted by molar-refractivity contribution is 0.453. The zero-order valence-corrected chi connectivity index (χ0v) is 9.81. The van der Waals surface area contributed by atoms with Crippen LogP contribution in [0.25, 0.3) is 10.4 Å². The van der Waals surface area contributed by atoms with E-state index < -0.39 is 10.0 Å². The fourth-order valence-corrected chi connectivity index (χ4v) is 3.00. The quantitative estimate of drug-likeness (QED) is 0.416. The number of hydrogen-bond donors (Lipinski definition) is 0. The molecule has 0 aromatic carbocycles.